The van der Waals surface area contributed by atoms with E-state index in [1.54, 1.807) is 24.3 Å². The minimum Gasteiger partial charge on any atom is -0.457 e. The van der Waals surface area contributed by atoms with Gasteiger partial charge in [-0.3, -0.25) is 4.84 Å². The number of nitriles is 1. The second kappa shape index (κ2) is 7.65. The van der Waals surface area contributed by atoms with E-state index >= 15 is 0 Å². The molecule has 132 valence electrons. The van der Waals surface area contributed by atoms with Gasteiger partial charge in [0, 0.05) is 6.08 Å². The quantitative estimate of drug-likeness (QED) is 0.708. The van der Waals surface area contributed by atoms with Crippen LogP contribution in [0.4, 0.5) is 0 Å². The summed E-state index contributed by atoms with van der Waals surface area (Å²) in [7, 11) is 0. The van der Waals surface area contributed by atoms with Crippen molar-refractivity contribution in [1.29, 1.82) is 5.26 Å². The summed E-state index contributed by atoms with van der Waals surface area (Å²) in [6.07, 6.45) is 1.59. The highest BCUT2D eigenvalue weighted by Crippen LogP contribution is 2.28. The summed E-state index contributed by atoms with van der Waals surface area (Å²) in [5.41, 5.74) is 4.34. The molecule has 0 fully saturated rings. The highest BCUT2D eigenvalue weighted by molar-refractivity contribution is 5.37. The first-order valence-electron chi connectivity index (χ1n) is 8.44. The lowest BCUT2D eigenvalue weighted by Gasteiger charge is -2.09. The molecule has 1 atom stereocenters. The largest absolute Gasteiger partial charge is 0.457 e. The molecule has 27 heavy (non-hydrogen) atoms. The molecule has 3 aromatic rings. The smallest absolute Gasteiger partial charge is 0.216 e. The Labute approximate surface area is 157 Å². The Morgan fingerprint density at radius 1 is 0.778 bits per heavy atom. The summed E-state index contributed by atoms with van der Waals surface area (Å²) in [6, 6.07) is 26.3. The number of benzene rings is 3. The third kappa shape index (κ3) is 4.09. The number of hydrogen-bond donors (Lipinski definition) is 1. The van der Waals surface area contributed by atoms with Crippen molar-refractivity contribution in [2.75, 3.05) is 0 Å². The maximum atomic E-state index is 8.83. The maximum absolute atomic E-state index is 8.83. The molecule has 0 amide bonds. The van der Waals surface area contributed by atoms with E-state index in [0.717, 1.165) is 17.1 Å². The van der Waals surface area contributed by atoms with Crippen molar-refractivity contribution in [3.63, 3.8) is 0 Å². The number of nitrogens with zero attached hydrogens (tertiary/aromatic N) is 1. The molecule has 0 radical (unpaired) electrons. The fraction of sp³-hybridized carbons (Fsp3) is 0.0455. The van der Waals surface area contributed by atoms with E-state index in [1.165, 1.54) is 0 Å². The standard InChI is InChI=1S/C22H16N2O3/c23-15-16-6-10-20(11-7-16)26-22-14-21(27-24-22)17-8-12-19(13-9-17)25-18-4-2-1-3-5-18/h1-14,21,24H. The van der Waals surface area contributed by atoms with Crippen molar-refractivity contribution in [2.45, 2.75) is 6.10 Å². The minimum atomic E-state index is -0.260. The van der Waals surface area contributed by atoms with Gasteiger partial charge in [0.05, 0.1) is 11.6 Å². The molecule has 1 aliphatic heterocycles. The Kier molecular flexibility index (Phi) is 4.73. The molecule has 0 spiro atoms. The minimum absolute atomic E-state index is 0.260. The van der Waals surface area contributed by atoms with Gasteiger partial charge >= 0.3 is 0 Å². The van der Waals surface area contributed by atoms with E-state index in [0.29, 0.717) is 17.2 Å². The van der Waals surface area contributed by atoms with Gasteiger partial charge in [-0.1, -0.05) is 30.3 Å². The first kappa shape index (κ1) is 16.7. The molecule has 1 heterocycles. The Morgan fingerprint density at radius 2 is 1.41 bits per heavy atom. The lowest BCUT2D eigenvalue weighted by Crippen LogP contribution is -2.12. The van der Waals surface area contributed by atoms with Crippen molar-refractivity contribution >= 4 is 0 Å². The van der Waals surface area contributed by atoms with Gasteiger partial charge in [-0.25, -0.2) is 5.48 Å². The fourth-order valence-electron chi connectivity index (χ4n) is 2.62. The molecule has 0 saturated heterocycles. The summed E-state index contributed by atoms with van der Waals surface area (Å²) >= 11 is 0. The Balaban J connectivity index is 1.40. The van der Waals surface area contributed by atoms with Crippen LogP contribution < -0.4 is 15.0 Å². The number of para-hydroxylation sites is 1. The van der Waals surface area contributed by atoms with Crippen molar-refractivity contribution in [3.05, 3.63) is 102 Å². The topological polar surface area (TPSA) is 63.5 Å². The predicted molar refractivity (Wildman–Crippen MR) is 99.8 cm³/mol. The van der Waals surface area contributed by atoms with Crippen LogP contribution in [0.15, 0.2) is 90.8 Å². The molecule has 3 aromatic carbocycles. The molecule has 0 bridgehead atoms. The normalized spacial score (nSPS) is 15.4. The SMILES string of the molecule is N#Cc1ccc(OC2=CC(c3ccc(Oc4ccccc4)cc3)ON2)cc1. The lowest BCUT2D eigenvalue weighted by atomic mass is 10.1. The summed E-state index contributed by atoms with van der Waals surface area (Å²) in [6.45, 7) is 0. The zero-order valence-electron chi connectivity index (χ0n) is 14.3. The van der Waals surface area contributed by atoms with Gasteiger partial charge in [-0.15, -0.1) is 0 Å². The number of rotatable bonds is 5. The van der Waals surface area contributed by atoms with Gasteiger partial charge in [0.2, 0.25) is 5.88 Å². The van der Waals surface area contributed by atoms with Crippen molar-refractivity contribution in [3.8, 4) is 23.3 Å². The lowest BCUT2D eigenvalue weighted by molar-refractivity contribution is 0.0273. The third-order valence-electron chi connectivity index (χ3n) is 3.99. The molecule has 1 N–H and O–H groups in total. The average molecular weight is 356 g/mol. The van der Waals surface area contributed by atoms with Crippen molar-refractivity contribution in [1.82, 2.24) is 5.48 Å². The van der Waals surface area contributed by atoms with Gasteiger partial charge in [0.25, 0.3) is 0 Å². The number of nitrogens with one attached hydrogen (secondary N) is 1. The molecule has 0 saturated carbocycles. The van der Waals surface area contributed by atoms with Gasteiger partial charge in [-0.2, -0.15) is 5.26 Å². The Hall–Kier alpha value is -3.75. The van der Waals surface area contributed by atoms with Gasteiger partial charge in [0.1, 0.15) is 23.4 Å². The summed E-state index contributed by atoms with van der Waals surface area (Å²) in [5.74, 6) is 2.69. The molecule has 0 aliphatic carbocycles. The number of ether oxygens (including phenoxy) is 2. The summed E-state index contributed by atoms with van der Waals surface area (Å²) in [4.78, 5) is 5.57. The zero-order valence-corrected chi connectivity index (χ0v) is 14.3. The maximum Gasteiger partial charge on any atom is 0.216 e. The molecule has 1 aliphatic rings. The summed E-state index contributed by atoms with van der Waals surface area (Å²) in [5, 5.41) is 8.83. The molecule has 5 heteroatoms. The Bertz CT molecular complexity index is 975. The van der Waals surface area contributed by atoms with Gasteiger partial charge in [0.15, 0.2) is 0 Å². The van der Waals surface area contributed by atoms with Crippen LogP contribution in [0.2, 0.25) is 0 Å². The molecule has 1 unspecified atom stereocenters. The predicted octanol–water partition coefficient (Wildman–Crippen LogP) is 4.85. The molecular weight excluding hydrogens is 340 g/mol. The van der Waals surface area contributed by atoms with Gasteiger partial charge < -0.3 is 9.47 Å². The monoisotopic (exact) mass is 356 g/mol. The fourth-order valence-corrected chi connectivity index (χ4v) is 2.62. The first-order valence-corrected chi connectivity index (χ1v) is 8.44. The first-order chi connectivity index (χ1) is 13.3. The van der Waals surface area contributed by atoms with E-state index in [9.17, 15) is 0 Å². The highest BCUT2D eigenvalue weighted by Gasteiger charge is 2.20. The van der Waals surface area contributed by atoms with Crippen molar-refractivity contribution in [2.24, 2.45) is 0 Å². The molecule has 4 rings (SSSR count). The van der Waals surface area contributed by atoms with Crippen molar-refractivity contribution < 1.29 is 14.3 Å². The van der Waals surface area contributed by atoms with E-state index < -0.39 is 0 Å². The zero-order chi connectivity index (χ0) is 18.5. The number of hydroxylamine groups is 1. The van der Waals surface area contributed by atoms with Crippen LogP contribution in [0.5, 0.6) is 17.2 Å². The van der Waals surface area contributed by atoms with Crippen LogP contribution in [0.3, 0.4) is 0 Å². The van der Waals surface area contributed by atoms with Crippen LogP contribution in [0, 0.1) is 11.3 Å². The van der Waals surface area contributed by atoms with Crippen LogP contribution in [0.25, 0.3) is 0 Å². The second-order valence-electron chi connectivity index (χ2n) is 5.89. The van der Waals surface area contributed by atoms with Crippen LogP contribution in [-0.4, -0.2) is 0 Å². The molecule has 5 nitrogen and oxygen atoms in total. The Morgan fingerprint density at radius 3 is 2.11 bits per heavy atom. The van der Waals surface area contributed by atoms with E-state index in [4.69, 9.17) is 19.6 Å². The second-order valence-corrected chi connectivity index (χ2v) is 5.89. The molecular formula is C22H16N2O3. The van der Waals surface area contributed by atoms with E-state index in [1.807, 2.05) is 60.7 Å². The number of hydrogen-bond acceptors (Lipinski definition) is 5. The summed E-state index contributed by atoms with van der Waals surface area (Å²) < 4.78 is 11.5. The van der Waals surface area contributed by atoms with Crippen LogP contribution in [0.1, 0.15) is 17.2 Å². The van der Waals surface area contributed by atoms with E-state index in [2.05, 4.69) is 11.5 Å². The highest BCUT2D eigenvalue weighted by atomic mass is 16.7. The third-order valence-corrected chi connectivity index (χ3v) is 3.99. The average Bonchev–Trinajstić information content (AvgIpc) is 3.18. The van der Waals surface area contributed by atoms with Gasteiger partial charge in [-0.05, 0) is 54.1 Å². The van der Waals surface area contributed by atoms with Crippen LogP contribution >= 0.6 is 0 Å². The molecule has 0 aromatic heterocycles. The van der Waals surface area contributed by atoms with E-state index in [-0.39, 0.29) is 6.10 Å². The van der Waals surface area contributed by atoms with Crippen LogP contribution in [-0.2, 0) is 4.84 Å².